The first kappa shape index (κ1) is 99.8. The van der Waals surface area contributed by atoms with Crippen molar-refractivity contribution in [3.05, 3.63) is 0 Å². The average Bonchev–Trinajstić information content (AvgIpc) is 0.851. The predicted molar refractivity (Wildman–Crippen MR) is 412 cm³/mol. The fourth-order valence-corrected chi connectivity index (χ4v) is 11.6. The van der Waals surface area contributed by atoms with Crippen LogP contribution in [-0.4, -0.2) is 206 Å². The zero-order valence-electron chi connectivity index (χ0n) is 66.3. The zero-order chi connectivity index (χ0) is 81.5. The number of hydrogen-bond acceptors (Lipinski definition) is 21. The maximum absolute atomic E-state index is 14.7. The third kappa shape index (κ3) is 38.6. The minimum Gasteiger partial charge on any atom is -0.394 e. The van der Waals surface area contributed by atoms with E-state index < -0.39 is 186 Å². The predicted octanol–water partition coefficient (Wildman–Crippen LogP) is -2.12. The second kappa shape index (κ2) is 56.1. The number of primary amides is 1. The first-order valence-corrected chi connectivity index (χ1v) is 39.1. The summed E-state index contributed by atoms with van der Waals surface area (Å²) in [6.45, 7) is 21.7. The van der Waals surface area contributed by atoms with Crippen LogP contribution in [0.3, 0.4) is 0 Å². The molecular formula is C73H142N20O14. The summed E-state index contributed by atoms with van der Waals surface area (Å²) in [5.41, 5.74) is 46.6. The summed E-state index contributed by atoms with van der Waals surface area (Å²) in [5, 5.41) is 43.3. The Kier molecular flexibility index (Phi) is 52.3. The number of rotatable bonds is 60. The highest BCUT2D eigenvalue weighted by Gasteiger charge is 2.40. The van der Waals surface area contributed by atoms with Gasteiger partial charge >= 0.3 is 0 Å². The Morgan fingerprint density at radius 3 is 0.794 bits per heavy atom. The summed E-state index contributed by atoms with van der Waals surface area (Å²) >= 11 is 0. The van der Waals surface area contributed by atoms with Gasteiger partial charge in [0, 0.05) is 0 Å². The minimum absolute atomic E-state index is 0.0298. The van der Waals surface area contributed by atoms with Crippen LogP contribution in [0, 0.1) is 35.5 Å². The molecule has 0 unspecified atom stereocenters. The molecule has 0 rings (SSSR count). The van der Waals surface area contributed by atoms with Crippen molar-refractivity contribution in [1.29, 1.82) is 0 Å². The van der Waals surface area contributed by atoms with Gasteiger partial charge in [0.2, 0.25) is 76.8 Å². The van der Waals surface area contributed by atoms with Crippen LogP contribution in [0.2, 0.25) is 0 Å². The lowest BCUT2D eigenvalue weighted by Gasteiger charge is -2.31. The number of amides is 13. The lowest BCUT2D eigenvalue weighted by Crippen LogP contribution is -2.62. The summed E-state index contributed by atoms with van der Waals surface area (Å²) in [5.74, 6) is -12.5. The molecule has 29 N–H and O–H groups in total. The topological polar surface area (TPSA) is 595 Å². The number of carbonyl (C=O) groups is 13. The van der Waals surface area contributed by atoms with Gasteiger partial charge in [0.1, 0.15) is 72.5 Å². The van der Waals surface area contributed by atoms with E-state index in [0.717, 1.165) is 0 Å². The minimum atomic E-state index is -1.71. The van der Waals surface area contributed by atoms with E-state index in [1.807, 2.05) is 27.7 Å². The number of carbonyl (C=O) groups excluding carboxylic acids is 13. The highest BCUT2D eigenvalue weighted by Crippen LogP contribution is 2.18. The Balaban J connectivity index is 7.03. The molecule has 0 bridgehead atoms. The van der Waals surface area contributed by atoms with Gasteiger partial charge in [-0.2, -0.15) is 0 Å². The van der Waals surface area contributed by atoms with Crippen LogP contribution in [0.1, 0.15) is 224 Å². The van der Waals surface area contributed by atoms with Gasteiger partial charge in [-0.15, -0.1) is 0 Å². The number of aliphatic hydroxyl groups excluding tert-OH is 1. The van der Waals surface area contributed by atoms with E-state index in [9.17, 15) is 67.4 Å². The van der Waals surface area contributed by atoms with Crippen LogP contribution in [0.15, 0.2) is 0 Å². The molecule has 0 saturated carbocycles. The largest absolute Gasteiger partial charge is 0.394 e. The fourth-order valence-electron chi connectivity index (χ4n) is 11.6. The second-order valence-corrected chi connectivity index (χ2v) is 29.5. The fraction of sp³-hybridized carbons (Fsp3) is 0.822. The van der Waals surface area contributed by atoms with Gasteiger partial charge < -0.3 is 115 Å². The highest BCUT2D eigenvalue weighted by atomic mass is 16.3. The molecule has 0 fully saturated rings. The van der Waals surface area contributed by atoms with E-state index in [2.05, 4.69) is 63.8 Å². The molecule has 0 aliphatic rings. The first-order valence-electron chi connectivity index (χ1n) is 39.1. The van der Waals surface area contributed by atoms with Crippen LogP contribution < -0.4 is 110 Å². The van der Waals surface area contributed by atoms with Crippen LogP contribution in [0.4, 0.5) is 0 Å². The molecule has 16 atom stereocenters. The number of aliphatic hydroxyl groups is 1. The van der Waals surface area contributed by atoms with E-state index >= 15 is 0 Å². The third-order valence-corrected chi connectivity index (χ3v) is 19.3. The van der Waals surface area contributed by atoms with E-state index in [1.165, 1.54) is 0 Å². The van der Waals surface area contributed by atoms with Gasteiger partial charge in [-0.05, 0) is 197 Å². The third-order valence-electron chi connectivity index (χ3n) is 19.3. The van der Waals surface area contributed by atoms with E-state index in [-0.39, 0.29) is 76.4 Å². The smallest absolute Gasteiger partial charge is 0.245 e. The molecule has 0 aliphatic carbocycles. The molecule has 0 aliphatic heterocycles. The molecule has 0 aromatic rings. The summed E-state index contributed by atoms with van der Waals surface area (Å²) in [6.07, 6.45) is 7.43. The van der Waals surface area contributed by atoms with Crippen molar-refractivity contribution in [2.75, 3.05) is 45.9 Å². The monoisotopic (exact) mass is 1520 g/mol. The van der Waals surface area contributed by atoms with Gasteiger partial charge in [0.25, 0.3) is 0 Å². The Bertz CT molecular complexity index is 2700. The van der Waals surface area contributed by atoms with Gasteiger partial charge in [-0.3, -0.25) is 62.3 Å². The molecule has 0 aromatic carbocycles. The molecule has 0 radical (unpaired) electrons. The van der Waals surface area contributed by atoms with Crippen LogP contribution in [0.25, 0.3) is 0 Å². The maximum atomic E-state index is 14.7. The average molecular weight is 1520 g/mol. The van der Waals surface area contributed by atoms with Crippen LogP contribution in [0.5, 0.6) is 0 Å². The zero-order valence-corrected chi connectivity index (χ0v) is 66.3. The van der Waals surface area contributed by atoms with Gasteiger partial charge in [0.05, 0.1) is 12.6 Å². The van der Waals surface area contributed by atoms with Gasteiger partial charge in [-0.25, -0.2) is 0 Å². The Labute approximate surface area is 635 Å². The number of nitrogens with two attached hydrogens (primary N) is 8. The summed E-state index contributed by atoms with van der Waals surface area (Å²) < 4.78 is 0. The lowest BCUT2D eigenvalue weighted by molar-refractivity contribution is -0.137. The quantitative estimate of drug-likeness (QED) is 0.0290. The Morgan fingerprint density at radius 1 is 0.280 bits per heavy atom. The van der Waals surface area contributed by atoms with Crippen LogP contribution >= 0.6 is 0 Å². The van der Waals surface area contributed by atoms with Crippen molar-refractivity contribution in [2.24, 2.45) is 81.4 Å². The van der Waals surface area contributed by atoms with E-state index in [0.29, 0.717) is 116 Å². The summed E-state index contributed by atoms with van der Waals surface area (Å²) in [7, 11) is 0. The molecule has 34 nitrogen and oxygen atoms in total. The molecule has 13 amide bonds. The number of nitrogens with one attached hydrogen (secondary N) is 12. The second-order valence-electron chi connectivity index (χ2n) is 29.5. The SMILES string of the molecule is CC[C@H](C)[C@H](N)C(=O)N[C@H](CCCCN)C(=O)N[C@H](CCCCN)C(=O)N[C@H](C(=O)N[C@H](C(=O)N[C@@H](CO)C(=O)N[C@H](CCCCN)C(=O)N[C@H](C(=O)N[C@H](CCCCN)C(=O)N[C@H](CCCCN)C(=O)N[C@H](C(=O)N[C@@H](CC(C)C)C(=O)N[C@H](CCCCN)C(N)=O)C(C)C)[C@@H](C)CC)C(C)C)[C@@H](C)CC. The first-order chi connectivity index (χ1) is 50.6. The normalized spacial score (nSPS) is 16.0. The Morgan fingerprint density at radius 2 is 0.505 bits per heavy atom. The van der Waals surface area contributed by atoms with Gasteiger partial charge in [0.15, 0.2) is 0 Å². The molecule has 618 valence electrons. The highest BCUT2D eigenvalue weighted by molar-refractivity contribution is 6.00. The van der Waals surface area contributed by atoms with E-state index in [4.69, 9.17) is 45.9 Å². The van der Waals surface area contributed by atoms with Gasteiger partial charge in [-0.1, -0.05) is 102 Å². The van der Waals surface area contributed by atoms with Crippen molar-refractivity contribution in [3.63, 3.8) is 0 Å². The van der Waals surface area contributed by atoms with Crippen molar-refractivity contribution in [2.45, 2.75) is 303 Å². The summed E-state index contributed by atoms with van der Waals surface area (Å²) in [4.78, 5) is 183. The lowest BCUT2D eigenvalue weighted by atomic mass is 9.95. The molecule has 0 spiro atoms. The molecule has 107 heavy (non-hydrogen) atoms. The molecule has 34 heteroatoms. The molecule has 0 saturated heterocycles. The molecule has 0 aromatic heterocycles. The van der Waals surface area contributed by atoms with Crippen LogP contribution in [-0.2, 0) is 62.3 Å². The maximum Gasteiger partial charge on any atom is 0.245 e. The molecule has 0 heterocycles. The van der Waals surface area contributed by atoms with Crippen molar-refractivity contribution < 1.29 is 67.4 Å². The van der Waals surface area contributed by atoms with E-state index in [1.54, 1.807) is 55.4 Å². The number of hydrogen-bond donors (Lipinski definition) is 21. The van der Waals surface area contributed by atoms with Crippen molar-refractivity contribution in [3.8, 4) is 0 Å². The van der Waals surface area contributed by atoms with Crippen molar-refractivity contribution >= 4 is 76.8 Å². The standard InChI is InChI=1S/C73H142N20O14/c1-13-45(10)56(80)69(103)86-49(29-17-23-35-75)62(96)84-52(32-20-26-38-78)65(99)93-60(47(12)15-3)73(107)91-58(44(8)9)71(105)89-55(41-94)68(102)85-53(33-21-27-39-79)66(100)92-59(46(11)14-2)72(106)87-50(30-18-24-36-76)63(97)83-51(31-19-25-37-77)64(98)90-57(43(6)7)70(104)88-54(40-42(4)5)67(101)82-48(61(81)95)28-16-22-34-74/h42-60,94H,13-41,74-80H2,1-12H3,(H2,81,95)(H,82,101)(H,83,97)(H,84,96)(H,85,102)(H,86,103)(H,87,106)(H,88,104)(H,89,105)(H,90,98)(H,91,107)(H,92,100)(H,93,99)/t45-,46-,47-,48+,49+,50+,51+,52+,53+,54-,55-,56-,57-,58-,59-,60-/m0/s1. The van der Waals surface area contributed by atoms with Crippen molar-refractivity contribution in [1.82, 2.24) is 63.8 Å². The summed E-state index contributed by atoms with van der Waals surface area (Å²) in [6, 6.07) is -16.2. The Hall–Kier alpha value is -7.21. The molecular weight excluding hydrogens is 1380 g/mol. The number of unbranched alkanes of at least 4 members (excludes halogenated alkanes) is 6.